The number of carbonyl (C=O) groups excluding carboxylic acids is 2. The van der Waals surface area contributed by atoms with Gasteiger partial charge in [0.2, 0.25) is 5.67 Å². The Morgan fingerprint density at radius 2 is 2.50 bits per heavy atom. The number of methoxy groups -OCH3 is 1. The fourth-order valence-electron chi connectivity index (χ4n) is 1.78. The second-order valence-corrected chi connectivity index (χ2v) is 3.38. The topological polar surface area (TPSA) is 52.6 Å². The van der Waals surface area contributed by atoms with E-state index in [0.717, 1.165) is 6.08 Å². The van der Waals surface area contributed by atoms with Crippen molar-refractivity contribution in [1.82, 2.24) is 0 Å². The Morgan fingerprint density at radius 3 is 3.07 bits per heavy atom. The van der Waals surface area contributed by atoms with Crippen LogP contribution in [0.3, 0.4) is 0 Å². The lowest BCUT2D eigenvalue weighted by molar-refractivity contribution is -0.183. The molecule has 0 aromatic rings. The van der Waals surface area contributed by atoms with Crippen molar-refractivity contribution in [3.63, 3.8) is 0 Å². The summed E-state index contributed by atoms with van der Waals surface area (Å²) >= 11 is 0. The first-order valence-electron chi connectivity index (χ1n) is 4.25. The molecule has 14 heavy (non-hydrogen) atoms. The molecule has 0 spiro atoms. The highest BCUT2D eigenvalue weighted by Gasteiger charge is 2.57. The lowest BCUT2D eigenvalue weighted by Gasteiger charge is -2.39. The standard InChI is InChI=1S/C9H9FO4/c1-13-7(11)6-4-5-2-3-9(6,10)8(12)14-5/h2-3,5-6H,4H2,1H3. The molecule has 2 bridgehead atoms. The predicted molar refractivity (Wildman–Crippen MR) is 43.0 cm³/mol. The maximum Gasteiger partial charge on any atom is 0.349 e. The molecule has 3 atom stereocenters. The van der Waals surface area contributed by atoms with E-state index in [-0.39, 0.29) is 6.42 Å². The molecule has 0 aromatic heterocycles. The van der Waals surface area contributed by atoms with Gasteiger partial charge in [-0.2, -0.15) is 0 Å². The van der Waals surface area contributed by atoms with Crippen LogP contribution in [-0.2, 0) is 19.1 Å². The summed E-state index contributed by atoms with van der Waals surface area (Å²) < 4.78 is 23.1. The molecule has 1 saturated heterocycles. The van der Waals surface area contributed by atoms with E-state index in [1.54, 1.807) is 0 Å². The summed E-state index contributed by atoms with van der Waals surface area (Å²) in [6.45, 7) is 0. The van der Waals surface area contributed by atoms with Crippen molar-refractivity contribution >= 4 is 11.9 Å². The van der Waals surface area contributed by atoms with Crippen molar-refractivity contribution in [3.8, 4) is 0 Å². The van der Waals surface area contributed by atoms with Crippen LogP contribution in [0.15, 0.2) is 12.2 Å². The smallest absolute Gasteiger partial charge is 0.349 e. The number of ether oxygens (including phenoxy) is 2. The highest BCUT2D eigenvalue weighted by Crippen LogP contribution is 2.40. The van der Waals surface area contributed by atoms with Gasteiger partial charge in [-0.25, -0.2) is 9.18 Å². The average Bonchev–Trinajstić information content (AvgIpc) is 2.18. The Balaban J connectivity index is 2.35. The quantitative estimate of drug-likeness (QED) is 0.453. The molecule has 5 heteroatoms. The largest absolute Gasteiger partial charge is 0.469 e. The van der Waals surface area contributed by atoms with Crippen molar-refractivity contribution in [2.45, 2.75) is 18.2 Å². The van der Waals surface area contributed by atoms with Gasteiger partial charge in [0.05, 0.1) is 7.11 Å². The van der Waals surface area contributed by atoms with Crippen LogP contribution in [0.25, 0.3) is 0 Å². The van der Waals surface area contributed by atoms with Gasteiger partial charge in [0.1, 0.15) is 12.0 Å². The fourth-order valence-corrected chi connectivity index (χ4v) is 1.78. The third kappa shape index (κ3) is 1.05. The van der Waals surface area contributed by atoms with Crippen LogP contribution in [0.5, 0.6) is 0 Å². The molecule has 0 saturated carbocycles. The number of fused-ring (bicyclic) bond motifs is 2. The summed E-state index contributed by atoms with van der Waals surface area (Å²) in [4.78, 5) is 22.4. The van der Waals surface area contributed by atoms with E-state index in [0.29, 0.717) is 0 Å². The second-order valence-electron chi connectivity index (χ2n) is 3.38. The first-order chi connectivity index (χ1) is 6.58. The van der Waals surface area contributed by atoms with Crippen LogP contribution >= 0.6 is 0 Å². The van der Waals surface area contributed by atoms with Gasteiger partial charge in [-0.15, -0.1) is 0 Å². The number of esters is 2. The number of rotatable bonds is 1. The maximum atomic E-state index is 14.0. The number of hydrogen-bond acceptors (Lipinski definition) is 4. The molecular formula is C9H9FO4. The monoisotopic (exact) mass is 200 g/mol. The molecule has 0 amide bonds. The van der Waals surface area contributed by atoms with Crippen molar-refractivity contribution in [3.05, 3.63) is 12.2 Å². The summed E-state index contributed by atoms with van der Waals surface area (Å²) in [7, 11) is 1.17. The molecule has 0 radical (unpaired) electrons. The van der Waals surface area contributed by atoms with Gasteiger partial charge >= 0.3 is 11.9 Å². The van der Waals surface area contributed by atoms with E-state index >= 15 is 0 Å². The van der Waals surface area contributed by atoms with E-state index < -0.39 is 29.6 Å². The zero-order valence-electron chi connectivity index (χ0n) is 7.53. The Bertz CT molecular complexity index is 325. The summed E-state index contributed by atoms with van der Waals surface area (Å²) in [5.41, 5.74) is -2.33. The van der Waals surface area contributed by atoms with Gasteiger partial charge in [0, 0.05) is 6.42 Å². The third-order valence-corrected chi connectivity index (χ3v) is 2.59. The average molecular weight is 200 g/mol. The van der Waals surface area contributed by atoms with Gasteiger partial charge in [0.25, 0.3) is 0 Å². The minimum atomic E-state index is -2.33. The first kappa shape index (κ1) is 9.18. The SMILES string of the molecule is COC(=O)C1CC2C=CC1(F)C(=O)O2. The molecule has 3 unspecified atom stereocenters. The van der Waals surface area contributed by atoms with Gasteiger partial charge < -0.3 is 9.47 Å². The molecule has 0 N–H and O–H groups in total. The first-order valence-corrected chi connectivity index (χ1v) is 4.25. The van der Waals surface area contributed by atoms with Gasteiger partial charge in [-0.05, 0) is 12.2 Å². The van der Waals surface area contributed by atoms with Crippen LogP contribution < -0.4 is 0 Å². The van der Waals surface area contributed by atoms with E-state index in [4.69, 9.17) is 4.74 Å². The van der Waals surface area contributed by atoms with Gasteiger partial charge in [-0.1, -0.05) is 0 Å². The van der Waals surface area contributed by atoms with E-state index in [9.17, 15) is 14.0 Å². The number of carbonyl (C=O) groups is 2. The zero-order valence-corrected chi connectivity index (χ0v) is 7.53. The zero-order chi connectivity index (χ0) is 10.3. The number of alkyl halides is 1. The molecule has 1 fully saturated rings. The van der Waals surface area contributed by atoms with Gasteiger partial charge in [-0.3, -0.25) is 4.79 Å². The van der Waals surface area contributed by atoms with Crippen molar-refractivity contribution in [2.75, 3.05) is 7.11 Å². The highest BCUT2D eigenvalue weighted by atomic mass is 19.1. The maximum absolute atomic E-state index is 14.0. The van der Waals surface area contributed by atoms with Crippen LogP contribution in [0.4, 0.5) is 4.39 Å². The van der Waals surface area contributed by atoms with E-state index in [1.165, 1.54) is 13.2 Å². The summed E-state index contributed by atoms with van der Waals surface area (Å²) in [6.07, 6.45) is 2.21. The fraction of sp³-hybridized carbons (Fsp3) is 0.556. The Labute approximate surface area is 79.7 Å². The van der Waals surface area contributed by atoms with Crippen LogP contribution in [0.2, 0.25) is 0 Å². The molecular weight excluding hydrogens is 191 g/mol. The Kier molecular flexibility index (Phi) is 1.83. The summed E-state index contributed by atoms with van der Waals surface area (Å²) in [5.74, 6) is -2.77. The van der Waals surface area contributed by atoms with Crippen molar-refractivity contribution < 1.29 is 23.5 Å². The van der Waals surface area contributed by atoms with Crippen molar-refractivity contribution in [2.24, 2.45) is 5.92 Å². The second kappa shape index (κ2) is 2.80. The summed E-state index contributed by atoms with van der Waals surface area (Å²) in [6, 6.07) is 0. The van der Waals surface area contributed by atoms with Crippen molar-refractivity contribution in [1.29, 1.82) is 0 Å². The predicted octanol–water partition coefficient (Wildman–Crippen LogP) is 0.369. The Morgan fingerprint density at radius 1 is 1.79 bits per heavy atom. The molecule has 2 heterocycles. The lowest BCUT2D eigenvalue weighted by atomic mass is 9.77. The minimum absolute atomic E-state index is 0.158. The molecule has 0 aromatic carbocycles. The number of halogens is 1. The van der Waals surface area contributed by atoms with Crippen LogP contribution in [0, 0.1) is 5.92 Å². The van der Waals surface area contributed by atoms with Crippen LogP contribution in [-0.4, -0.2) is 30.8 Å². The lowest BCUT2D eigenvalue weighted by Crippen LogP contribution is -2.55. The molecule has 3 rings (SSSR count). The minimum Gasteiger partial charge on any atom is -0.469 e. The molecule has 1 aliphatic carbocycles. The third-order valence-electron chi connectivity index (χ3n) is 2.59. The Hall–Kier alpha value is -1.39. The van der Waals surface area contributed by atoms with Gasteiger partial charge in [0.15, 0.2) is 0 Å². The molecule has 3 aliphatic rings. The number of hydrogen-bond donors (Lipinski definition) is 0. The van der Waals surface area contributed by atoms with E-state index in [1.807, 2.05) is 0 Å². The molecule has 4 nitrogen and oxygen atoms in total. The molecule has 76 valence electrons. The normalized spacial score (nSPS) is 39.4. The van der Waals surface area contributed by atoms with E-state index in [2.05, 4.69) is 4.74 Å². The highest BCUT2D eigenvalue weighted by molar-refractivity contribution is 5.92. The molecule has 2 aliphatic heterocycles. The van der Waals surface area contributed by atoms with Crippen LogP contribution in [0.1, 0.15) is 6.42 Å². The summed E-state index contributed by atoms with van der Waals surface area (Å²) in [5, 5.41) is 0.